The molecule has 0 aromatic heterocycles. The van der Waals surface area contributed by atoms with Gasteiger partial charge in [0.05, 0.1) is 0 Å². The van der Waals surface area contributed by atoms with Crippen LogP contribution in [0.2, 0.25) is 0 Å². The Morgan fingerprint density at radius 2 is 2.00 bits per heavy atom. The summed E-state index contributed by atoms with van der Waals surface area (Å²) in [5.41, 5.74) is 3.70. The second-order valence-electron chi connectivity index (χ2n) is 4.33. The summed E-state index contributed by atoms with van der Waals surface area (Å²) >= 11 is 0. The Kier molecular flexibility index (Phi) is 6.18. The zero-order chi connectivity index (χ0) is 12.5. The van der Waals surface area contributed by atoms with Gasteiger partial charge in [-0.2, -0.15) is 0 Å². The van der Waals surface area contributed by atoms with Crippen LogP contribution in [0.3, 0.4) is 0 Å². The predicted molar refractivity (Wildman–Crippen MR) is 76.9 cm³/mol. The molecular formula is C17H22. The van der Waals surface area contributed by atoms with Gasteiger partial charge in [-0.25, -0.2) is 0 Å². The normalized spacial score (nSPS) is 10.3. The molecule has 0 saturated carbocycles. The highest BCUT2D eigenvalue weighted by atomic mass is 14.0. The first kappa shape index (κ1) is 13.6. The van der Waals surface area contributed by atoms with Crippen molar-refractivity contribution in [1.82, 2.24) is 0 Å². The molecular weight excluding hydrogens is 204 g/mol. The molecule has 0 atom stereocenters. The van der Waals surface area contributed by atoms with Crippen molar-refractivity contribution in [3.05, 3.63) is 41.0 Å². The number of rotatable bonds is 4. The maximum atomic E-state index is 3.27. The zero-order valence-electron chi connectivity index (χ0n) is 11.2. The lowest BCUT2D eigenvalue weighted by Gasteiger charge is -2.01. The van der Waals surface area contributed by atoms with E-state index in [1.807, 2.05) is 0 Å². The SMILES string of the molecule is CCCC#Cc1ccc(C)cc1C=CCCC. The average Bonchev–Trinajstić information content (AvgIpc) is 2.32. The van der Waals surface area contributed by atoms with Crippen LogP contribution in [-0.4, -0.2) is 0 Å². The van der Waals surface area contributed by atoms with Crippen LogP contribution in [-0.2, 0) is 0 Å². The Hall–Kier alpha value is -1.48. The van der Waals surface area contributed by atoms with Gasteiger partial charge >= 0.3 is 0 Å². The molecule has 0 aliphatic heterocycles. The minimum atomic E-state index is 0.978. The second-order valence-corrected chi connectivity index (χ2v) is 4.33. The molecule has 90 valence electrons. The van der Waals surface area contributed by atoms with Gasteiger partial charge in [-0.05, 0) is 31.4 Å². The first-order chi connectivity index (χ1) is 8.27. The van der Waals surface area contributed by atoms with E-state index in [0.717, 1.165) is 24.8 Å². The lowest BCUT2D eigenvalue weighted by atomic mass is 10.0. The summed E-state index contributed by atoms with van der Waals surface area (Å²) in [6.07, 6.45) is 8.87. The van der Waals surface area contributed by atoms with Gasteiger partial charge in [-0.15, -0.1) is 0 Å². The fourth-order valence-electron chi connectivity index (χ4n) is 1.59. The zero-order valence-corrected chi connectivity index (χ0v) is 11.2. The molecule has 0 radical (unpaired) electrons. The van der Waals surface area contributed by atoms with E-state index >= 15 is 0 Å². The minimum absolute atomic E-state index is 0.978. The van der Waals surface area contributed by atoms with E-state index in [1.165, 1.54) is 17.5 Å². The van der Waals surface area contributed by atoms with Crippen LogP contribution in [0.4, 0.5) is 0 Å². The number of hydrogen-bond acceptors (Lipinski definition) is 0. The molecule has 17 heavy (non-hydrogen) atoms. The van der Waals surface area contributed by atoms with Crippen molar-refractivity contribution in [2.24, 2.45) is 0 Å². The van der Waals surface area contributed by atoms with Crippen molar-refractivity contribution < 1.29 is 0 Å². The highest BCUT2D eigenvalue weighted by Gasteiger charge is 1.96. The summed E-state index contributed by atoms with van der Waals surface area (Å²) in [6, 6.07) is 6.47. The predicted octanol–water partition coefficient (Wildman–Crippen LogP) is 4.96. The number of unbranched alkanes of at least 4 members (excludes halogenated alkanes) is 2. The Labute approximate surface area is 106 Å². The molecule has 0 heteroatoms. The van der Waals surface area contributed by atoms with Crippen LogP contribution in [0.15, 0.2) is 24.3 Å². The van der Waals surface area contributed by atoms with Crippen molar-refractivity contribution in [1.29, 1.82) is 0 Å². The molecule has 0 aliphatic carbocycles. The van der Waals surface area contributed by atoms with Gasteiger partial charge in [0.1, 0.15) is 0 Å². The third-order valence-electron chi connectivity index (χ3n) is 2.56. The van der Waals surface area contributed by atoms with E-state index in [1.54, 1.807) is 0 Å². The molecule has 0 amide bonds. The molecule has 0 heterocycles. The Balaban J connectivity index is 2.92. The smallest absolute Gasteiger partial charge is 0.0317 e. The van der Waals surface area contributed by atoms with E-state index < -0.39 is 0 Å². The van der Waals surface area contributed by atoms with E-state index in [0.29, 0.717) is 0 Å². The summed E-state index contributed by atoms with van der Waals surface area (Å²) in [5.74, 6) is 6.48. The average molecular weight is 226 g/mol. The molecule has 0 N–H and O–H groups in total. The van der Waals surface area contributed by atoms with Gasteiger partial charge in [0.2, 0.25) is 0 Å². The third kappa shape index (κ3) is 4.91. The molecule has 0 bridgehead atoms. The largest absolute Gasteiger partial charge is 0.0979 e. The lowest BCUT2D eigenvalue weighted by Crippen LogP contribution is -1.84. The molecule has 0 spiro atoms. The topological polar surface area (TPSA) is 0 Å². The number of benzene rings is 1. The summed E-state index contributed by atoms with van der Waals surface area (Å²) in [6.45, 7) is 6.48. The van der Waals surface area contributed by atoms with Gasteiger partial charge < -0.3 is 0 Å². The van der Waals surface area contributed by atoms with Gasteiger partial charge in [0.25, 0.3) is 0 Å². The first-order valence-electron chi connectivity index (χ1n) is 6.54. The number of aryl methyl sites for hydroxylation is 1. The quantitative estimate of drug-likeness (QED) is 0.636. The monoisotopic (exact) mass is 226 g/mol. The lowest BCUT2D eigenvalue weighted by molar-refractivity contribution is 0.962. The maximum absolute atomic E-state index is 3.27. The van der Waals surface area contributed by atoms with Crippen LogP contribution < -0.4 is 0 Å². The highest BCUT2D eigenvalue weighted by Crippen LogP contribution is 2.13. The first-order valence-corrected chi connectivity index (χ1v) is 6.54. The van der Waals surface area contributed by atoms with E-state index in [-0.39, 0.29) is 0 Å². The van der Waals surface area contributed by atoms with Crippen molar-refractivity contribution >= 4 is 6.08 Å². The van der Waals surface area contributed by atoms with Gasteiger partial charge in [0.15, 0.2) is 0 Å². The van der Waals surface area contributed by atoms with Crippen LogP contribution in [0.1, 0.15) is 56.2 Å². The van der Waals surface area contributed by atoms with Crippen molar-refractivity contribution in [3.63, 3.8) is 0 Å². The van der Waals surface area contributed by atoms with Crippen LogP contribution in [0.5, 0.6) is 0 Å². The Morgan fingerprint density at radius 3 is 2.71 bits per heavy atom. The van der Waals surface area contributed by atoms with Crippen molar-refractivity contribution in [2.75, 3.05) is 0 Å². The van der Waals surface area contributed by atoms with Gasteiger partial charge in [-0.1, -0.05) is 62.0 Å². The number of hydrogen-bond donors (Lipinski definition) is 0. The van der Waals surface area contributed by atoms with E-state index in [9.17, 15) is 0 Å². The maximum Gasteiger partial charge on any atom is 0.0317 e. The summed E-state index contributed by atoms with van der Waals surface area (Å²) < 4.78 is 0. The molecule has 0 saturated heterocycles. The molecule has 0 aliphatic rings. The molecule has 1 aromatic rings. The van der Waals surface area contributed by atoms with Crippen LogP contribution in [0, 0.1) is 18.8 Å². The van der Waals surface area contributed by atoms with Crippen LogP contribution >= 0.6 is 0 Å². The minimum Gasteiger partial charge on any atom is -0.0979 e. The van der Waals surface area contributed by atoms with Gasteiger partial charge in [0, 0.05) is 12.0 Å². The highest BCUT2D eigenvalue weighted by molar-refractivity contribution is 5.60. The number of allylic oxidation sites excluding steroid dienone is 1. The third-order valence-corrected chi connectivity index (χ3v) is 2.56. The van der Waals surface area contributed by atoms with Crippen molar-refractivity contribution in [2.45, 2.75) is 46.5 Å². The summed E-state index contributed by atoms with van der Waals surface area (Å²) in [5, 5.41) is 0. The second kappa shape index (κ2) is 7.74. The molecule has 1 rings (SSSR count). The Morgan fingerprint density at radius 1 is 1.18 bits per heavy atom. The Bertz CT molecular complexity index is 427. The molecule has 1 aromatic carbocycles. The standard InChI is InChI=1S/C17H22/c1-4-6-8-10-16-13-12-15(3)14-17(16)11-9-7-5-2/h9,11-14H,4-7H2,1-3H3. The summed E-state index contributed by atoms with van der Waals surface area (Å²) in [7, 11) is 0. The molecule has 0 fully saturated rings. The van der Waals surface area contributed by atoms with E-state index in [4.69, 9.17) is 0 Å². The van der Waals surface area contributed by atoms with Crippen LogP contribution in [0.25, 0.3) is 6.08 Å². The van der Waals surface area contributed by atoms with Crippen molar-refractivity contribution in [3.8, 4) is 11.8 Å². The van der Waals surface area contributed by atoms with E-state index in [2.05, 4.69) is 63.0 Å². The van der Waals surface area contributed by atoms with Gasteiger partial charge in [-0.3, -0.25) is 0 Å². The fourth-order valence-corrected chi connectivity index (χ4v) is 1.59. The molecule has 0 nitrogen and oxygen atoms in total. The fraction of sp³-hybridized carbons (Fsp3) is 0.412. The molecule has 0 unspecified atom stereocenters. The summed E-state index contributed by atoms with van der Waals surface area (Å²) in [4.78, 5) is 0.